The lowest BCUT2D eigenvalue weighted by Crippen LogP contribution is -2.48. The van der Waals surface area contributed by atoms with Crippen molar-refractivity contribution >= 4 is 80.3 Å². The Kier molecular flexibility index (Phi) is 10.0. The van der Waals surface area contributed by atoms with E-state index in [4.69, 9.17) is 0 Å². The summed E-state index contributed by atoms with van der Waals surface area (Å²) in [5.74, 6) is -0.850. The van der Waals surface area contributed by atoms with E-state index in [2.05, 4.69) is 31.3 Å². The molecule has 0 heterocycles. The van der Waals surface area contributed by atoms with Crippen LogP contribution in [0.4, 0.5) is 28.4 Å². The molecule has 6 aromatic carbocycles. The average Bonchev–Trinajstić information content (AvgIpc) is 3.12. The number of nitrogens with one attached hydrogen (secondary N) is 2. The molecule has 0 saturated carbocycles. The largest absolute Gasteiger partial charge is 0.507 e. The number of aromatic hydroxyl groups is 1. The van der Waals surface area contributed by atoms with Gasteiger partial charge in [0.05, 0.1) is 31.8 Å². The van der Waals surface area contributed by atoms with E-state index in [1.54, 1.807) is 0 Å². The van der Waals surface area contributed by atoms with Gasteiger partial charge < -0.3 is 5.11 Å². The highest BCUT2D eigenvalue weighted by atomic mass is 32.2. The Morgan fingerprint density at radius 2 is 1.25 bits per heavy atom. The number of non-ortho nitro benzene ring substituents is 1. The van der Waals surface area contributed by atoms with Crippen LogP contribution in [0.25, 0.3) is 21.5 Å². The number of hydrogen-bond donors (Lipinski definition) is 6. The molecule has 0 unspecified atom stereocenters. The Balaban J connectivity index is 1.55. The van der Waals surface area contributed by atoms with Gasteiger partial charge in [0.15, 0.2) is 5.36 Å². The number of anilines is 2. The van der Waals surface area contributed by atoms with Gasteiger partial charge in [0.1, 0.15) is 21.7 Å². The summed E-state index contributed by atoms with van der Waals surface area (Å²) in [5, 5.41) is 35.5. The first kappa shape index (κ1) is 38.9. The summed E-state index contributed by atoms with van der Waals surface area (Å²) in [6.07, 6.45) is 0. The molecule has 0 atom stereocenters. The second kappa shape index (κ2) is 14.4. The summed E-state index contributed by atoms with van der Waals surface area (Å²) in [4.78, 5) is 35.6. The smallest absolute Gasteiger partial charge is 0.295 e. The van der Waals surface area contributed by atoms with E-state index in [0.717, 1.165) is 42.5 Å². The fourth-order valence-corrected chi connectivity index (χ4v) is 7.04. The van der Waals surface area contributed by atoms with Crippen molar-refractivity contribution in [3.63, 3.8) is 0 Å². The first-order valence-electron chi connectivity index (χ1n) is 15.1. The number of nitrogens with zero attached hydrogens (tertiary/aromatic N) is 5. The van der Waals surface area contributed by atoms with Gasteiger partial charge in [-0.3, -0.25) is 44.2 Å². The van der Waals surface area contributed by atoms with Gasteiger partial charge >= 0.3 is 0 Å². The Morgan fingerprint density at radius 3 is 1.86 bits per heavy atom. The third-order valence-corrected chi connectivity index (χ3v) is 10.4. The SMILES string of the molecule is O=c1c(N=Nc2ccc(S(=O)(=O)O)c3ccccc23)c/c(=N\Nc2ccc([N+](=O)[O-])cc2)c(=O)/c1=N/Nc1cc(S(=O)(=O)O)cc2cc(S(=O)(=O)O)cc(O)c12. The molecule has 0 spiro atoms. The van der Waals surface area contributed by atoms with Crippen molar-refractivity contribution in [3.8, 4) is 5.75 Å². The van der Waals surface area contributed by atoms with E-state index >= 15 is 0 Å². The van der Waals surface area contributed by atoms with Crippen molar-refractivity contribution in [1.29, 1.82) is 0 Å². The molecule has 286 valence electrons. The number of benzene rings is 6. The molecule has 0 amide bonds. The summed E-state index contributed by atoms with van der Waals surface area (Å²) >= 11 is 0. The van der Waals surface area contributed by atoms with Crippen LogP contribution in [0.3, 0.4) is 0 Å². The normalized spacial score (nSPS) is 13.1. The molecule has 0 saturated heterocycles. The molecule has 24 heteroatoms. The number of phenols is 1. The van der Waals surface area contributed by atoms with Crippen molar-refractivity contribution in [2.75, 3.05) is 10.9 Å². The van der Waals surface area contributed by atoms with Crippen LogP contribution in [0.1, 0.15) is 0 Å². The van der Waals surface area contributed by atoms with Gasteiger partial charge in [-0.25, -0.2) is 0 Å². The summed E-state index contributed by atoms with van der Waals surface area (Å²) in [6.45, 7) is 0. The summed E-state index contributed by atoms with van der Waals surface area (Å²) < 4.78 is 101. The lowest BCUT2D eigenvalue weighted by Gasteiger charge is -2.11. The minimum Gasteiger partial charge on any atom is -0.507 e. The fourth-order valence-electron chi connectivity index (χ4n) is 5.26. The highest BCUT2D eigenvalue weighted by Gasteiger charge is 2.21. The molecule has 0 aliphatic rings. The summed E-state index contributed by atoms with van der Waals surface area (Å²) in [6, 6.07) is 16.7. The monoisotopic (exact) mass is 823 g/mol. The second-order valence-electron chi connectivity index (χ2n) is 11.4. The van der Waals surface area contributed by atoms with Crippen molar-refractivity contribution in [1.82, 2.24) is 0 Å². The first-order valence-corrected chi connectivity index (χ1v) is 19.4. The minimum atomic E-state index is -5.03. The third kappa shape index (κ3) is 7.99. The maximum absolute atomic E-state index is 13.7. The third-order valence-electron chi connectivity index (χ3n) is 7.82. The number of azo groups is 1. The van der Waals surface area contributed by atoms with Gasteiger partial charge in [-0.05, 0) is 47.9 Å². The number of phenolic OH excluding ortho intramolecular Hbond substituents is 1. The van der Waals surface area contributed by atoms with Crippen LogP contribution >= 0.6 is 0 Å². The van der Waals surface area contributed by atoms with Crippen LogP contribution in [-0.2, 0) is 30.4 Å². The van der Waals surface area contributed by atoms with Crippen molar-refractivity contribution < 1.29 is 48.9 Å². The van der Waals surface area contributed by atoms with Gasteiger partial charge in [0, 0.05) is 40.4 Å². The first-order chi connectivity index (χ1) is 26.2. The zero-order chi connectivity index (χ0) is 40.7. The van der Waals surface area contributed by atoms with E-state index in [9.17, 15) is 63.7 Å². The van der Waals surface area contributed by atoms with Crippen molar-refractivity contribution in [2.24, 2.45) is 20.4 Å². The standard InChI is InChI=1S/C32H21N7O14S3/c40-27-14-20(55(48,49)50)12-16-11-19(54(45,46)47)13-24(29(16)27)35-38-30-31(41)25(36-33-17-5-7-18(8-6-17)39(43)44)15-26(32(30)42)37-34-23-9-10-28(56(51,52)53)22-4-2-1-3-21(22)23/h1-15,33,35,40H,(H,45,46,47)(H,48,49,50)(H,51,52,53)/b36-25+,37-34?,38-30-. The Bertz CT molecular complexity index is 3250. The molecular weight excluding hydrogens is 803 g/mol. The molecule has 0 aromatic heterocycles. The van der Waals surface area contributed by atoms with E-state index in [-0.39, 0.29) is 38.6 Å². The predicted molar refractivity (Wildman–Crippen MR) is 196 cm³/mol. The molecule has 21 nitrogen and oxygen atoms in total. The number of nitro groups is 1. The molecule has 0 radical (unpaired) electrons. The number of nitro benzene ring substituents is 1. The van der Waals surface area contributed by atoms with Crippen LogP contribution in [0.5, 0.6) is 5.75 Å². The molecule has 56 heavy (non-hydrogen) atoms. The average molecular weight is 824 g/mol. The van der Waals surface area contributed by atoms with Gasteiger partial charge in [-0.2, -0.15) is 35.5 Å². The van der Waals surface area contributed by atoms with E-state index in [0.29, 0.717) is 6.07 Å². The topological polar surface area (TPSA) is 334 Å². The zero-order valence-corrected chi connectivity index (χ0v) is 29.9. The Labute approximate surface area is 312 Å². The zero-order valence-electron chi connectivity index (χ0n) is 27.5. The number of rotatable bonds is 10. The molecule has 6 aromatic rings. The van der Waals surface area contributed by atoms with E-state index < -0.39 is 88.7 Å². The summed E-state index contributed by atoms with van der Waals surface area (Å²) in [7, 11) is -14.6. The van der Waals surface area contributed by atoms with Crippen LogP contribution in [0, 0.1) is 10.1 Å². The second-order valence-corrected chi connectivity index (χ2v) is 15.7. The Morgan fingerprint density at radius 1 is 0.643 bits per heavy atom. The lowest BCUT2D eigenvalue weighted by atomic mass is 10.1. The van der Waals surface area contributed by atoms with Gasteiger partial charge in [0.2, 0.25) is 10.9 Å². The molecular formula is C32H21N7O14S3. The predicted octanol–water partition coefficient (Wildman–Crippen LogP) is 3.21. The fraction of sp³-hybridized carbons (Fsp3) is 0. The number of fused-ring (bicyclic) bond motifs is 2. The quantitative estimate of drug-likeness (QED) is 0.0500. The van der Waals surface area contributed by atoms with E-state index in [1.807, 2.05) is 0 Å². The maximum Gasteiger partial charge on any atom is 0.295 e. The minimum absolute atomic E-state index is 0.00550. The van der Waals surface area contributed by atoms with E-state index in [1.165, 1.54) is 42.5 Å². The molecule has 0 fully saturated rings. The van der Waals surface area contributed by atoms with Crippen molar-refractivity contribution in [3.05, 3.63) is 132 Å². The van der Waals surface area contributed by atoms with Gasteiger partial charge in [0.25, 0.3) is 36.0 Å². The molecule has 6 N–H and O–H groups in total. The summed E-state index contributed by atoms with van der Waals surface area (Å²) in [5.41, 5.74) is 1.20. The number of hydrogen-bond acceptors (Lipinski definition) is 17. The van der Waals surface area contributed by atoms with Crippen LogP contribution in [0.2, 0.25) is 0 Å². The molecule has 6 rings (SSSR count). The van der Waals surface area contributed by atoms with Crippen LogP contribution in [-0.4, -0.2) is 48.9 Å². The lowest BCUT2D eigenvalue weighted by molar-refractivity contribution is -0.384. The van der Waals surface area contributed by atoms with Crippen LogP contribution < -0.4 is 32.4 Å². The molecule has 0 aliphatic carbocycles. The highest BCUT2D eigenvalue weighted by molar-refractivity contribution is 7.86. The van der Waals surface area contributed by atoms with Crippen molar-refractivity contribution in [2.45, 2.75) is 14.7 Å². The Hall–Kier alpha value is -6.83. The highest BCUT2D eigenvalue weighted by Crippen LogP contribution is 2.37. The van der Waals surface area contributed by atoms with Gasteiger partial charge in [-0.1, -0.05) is 24.3 Å². The maximum atomic E-state index is 13.7. The molecule has 0 aliphatic heterocycles. The van der Waals surface area contributed by atoms with Gasteiger partial charge in [-0.15, -0.1) is 10.2 Å². The van der Waals surface area contributed by atoms with Crippen LogP contribution in [0.15, 0.2) is 136 Å². The molecule has 0 bridgehead atoms.